The van der Waals surface area contributed by atoms with Crippen LogP contribution in [0.15, 0.2) is 46.9 Å². The lowest BCUT2D eigenvalue weighted by molar-refractivity contribution is -0.137. The van der Waals surface area contributed by atoms with E-state index in [4.69, 9.17) is 0 Å². The summed E-state index contributed by atoms with van der Waals surface area (Å²) in [6, 6.07) is 9.52. The summed E-state index contributed by atoms with van der Waals surface area (Å²) in [6.45, 7) is 0. The lowest BCUT2D eigenvalue weighted by Gasteiger charge is -2.09. The van der Waals surface area contributed by atoms with Gasteiger partial charge in [0.05, 0.1) is 5.56 Å². The second kappa shape index (κ2) is 4.65. The monoisotopic (exact) mass is 316 g/mol. The molecular weight excluding hydrogens is 309 g/mol. The van der Waals surface area contributed by atoms with E-state index in [1.54, 1.807) is 12.1 Å². The lowest BCUT2D eigenvalue weighted by Crippen LogP contribution is -2.04. The molecule has 0 saturated carbocycles. The van der Waals surface area contributed by atoms with Gasteiger partial charge in [-0.2, -0.15) is 13.2 Å². The minimum Gasteiger partial charge on any atom is -0.508 e. The van der Waals surface area contributed by atoms with E-state index in [0.29, 0.717) is 15.6 Å². The Bertz CT molecular complexity index is 558. The Morgan fingerprint density at radius 1 is 0.944 bits per heavy atom. The minimum absolute atomic E-state index is 0.00298. The number of halogens is 4. The number of hydrogen-bond donors (Lipinski definition) is 1. The molecule has 0 bridgehead atoms. The molecular formula is C13H8BrF3O. The molecule has 0 atom stereocenters. The molecule has 2 aromatic rings. The van der Waals surface area contributed by atoms with E-state index < -0.39 is 11.7 Å². The largest absolute Gasteiger partial charge is 0.508 e. The molecule has 2 rings (SSSR count). The number of phenols is 1. The third-order valence-electron chi connectivity index (χ3n) is 2.41. The average molecular weight is 317 g/mol. The molecule has 0 aromatic heterocycles. The molecule has 5 heteroatoms. The summed E-state index contributed by atoms with van der Waals surface area (Å²) in [4.78, 5) is 0. The molecule has 1 N–H and O–H groups in total. The van der Waals surface area contributed by atoms with Crippen molar-refractivity contribution in [3.63, 3.8) is 0 Å². The van der Waals surface area contributed by atoms with Crippen LogP contribution in [0.4, 0.5) is 13.2 Å². The van der Waals surface area contributed by atoms with Crippen molar-refractivity contribution < 1.29 is 18.3 Å². The molecule has 0 spiro atoms. The third kappa shape index (κ3) is 2.85. The van der Waals surface area contributed by atoms with Gasteiger partial charge in [0, 0.05) is 4.47 Å². The van der Waals surface area contributed by atoms with Crippen LogP contribution in [0.2, 0.25) is 0 Å². The second-order valence-electron chi connectivity index (χ2n) is 3.78. The van der Waals surface area contributed by atoms with Gasteiger partial charge in [0.25, 0.3) is 0 Å². The van der Waals surface area contributed by atoms with Gasteiger partial charge >= 0.3 is 6.18 Å². The van der Waals surface area contributed by atoms with Crippen molar-refractivity contribution >= 4 is 15.9 Å². The van der Waals surface area contributed by atoms with Gasteiger partial charge in [-0.05, 0) is 41.5 Å². The quantitative estimate of drug-likeness (QED) is 0.798. The highest BCUT2D eigenvalue weighted by Crippen LogP contribution is 2.33. The molecule has 18 heavy (non-hydrogen) atoms. The molecule has 1 nitrogen and oxygen atoms in total. The molecule has 0 fully saturated rings. The van der Waals surface area contributed by atoms with Gasteiger partial charge < -0.3 is 5.11 Å². The van der Waals surface area contributed by atoms with Crippen LogP contribution in [0.25, 0.3) is 11.1 Å². The van der Waals surface area contributed by atoms with Crippen LogP contribution in [0.3, 0.4) is 0 Å². The summed E-state index contributed by atoms with van der Waals surface area (Å²) in [5.41, 5.74) is 0.217. The molecule has 0 aliphatic rings. The molecule has 94 valence electrons. The van der Waals surface area contributed by atoms with E-state index in [1.807, 2.05) is 0 Å². The average Bonchev–Trinajstić information content (AvgIpc) is 2.27. The predicted octanol–water partition coefficient (Wildman–Crippen LogP) is 4.84. The van der Waals surface area contributed by atoms with Crippen molar-refractivity contribution in [2.24, 2.45) is 0 Å². The van der Waals surface area contributed by atoms with E-state index in [-0.39, 0.29) is 5.75 Å². The van der Waals surface area contributed by atoms with Gasteiger partial charge in [0.2, 0.25) is 0 Å². The fourth-order valence-electron chi connectivity index (χ4n) is 1.62. The Morgan fingerprint density at radius 3 is 2.28 bits per heavy atom. The molecule has 0 radical (unpaired) electrons. The van der Waals surface area contributed by atoms with Crippen molar-refractivity contribution in [3.8, 4) is 16.9 Å². The zero-order chi connectivity index (χ0) is 13.3. The fourth-order valence-corrected chi connectivity index (χ4v) is 2.10. The van der Waals surface area contributed by atoms with E-state index in [0.717, 1.165) is 12.1 Å². The Kier molecular flexibility index (Phi) is 3.34. The lowest BCUT2D eigenvalue weighted by atomic mass is 10.0. The second-order valence-corrected chi connectivity index (χ2v) is 4.69. The van der Waals surface area contributed by atoms with Crippen LogP contribution in [-0.2, 0) is 6.18 Å². The van der Waals surface area contributed by atoms with E-state index in [1.165, 1.54) is 18.2 Å². The number of phenolic OH excluding ortho intramolecular Hbond substituents is 1. The van der Waals surface area contributed by atoms with Gasteiger partial charge in [-0.3, -0.25) is 0 Å². The Labute approximate surface area is 110 Å². The van der Waals surface area contributed by atoms with Crippen LogP contribution >= 0.6 is 15.9 Å². The van der Waals surface area contributed by atoms with Crippen molar-refractivity contribution in [1.82, 2.24) is 0 Å². The highest BCUT2D eigenvalue weighted by atomic mass is 79.9. The van der Waals surface area contributed by atoms with Gasteiger partial charge in [0.1, 0.15) is 5.75 Å². The van der Waals surface area contributed by atoms with Crippen LogP contribution in [0.1, 0.15) is 5.56 Å². The maximum absolute atomic E-state index is 12.6. The molecule has 0 aliphatic carbocycles. The zero-order valence-electron chi connectivity index (χ0n) is 9.00. The molecule has 0 unspecified atom stereocenters. The molecule has 0 heterocycles. The van der Waals surface area contributed by atoms with E-state index >= 15 is 0 Å². The Balaban J connectivity index is 2.51. The standard InChI is InChI=1S/C13H8BrF3O/c14-11-5-9(6-12(18)7-11)8-2-1-3-10(4-8)13(15,16)17/h1-7,18H. The van der Waals surface area contributed by atoms with Gasteiger partial charge in [-0.15, -0.1) is 0 Å². The van der Waals surface area contributed by atoms with Crippen molar-refractivity contribution in [3.05, 3.63) is 52.5 Å². The normalized spacial score (nSPS) is 11.6. The summed E-state index contributed by atoms with van der Waals surface area (Å²) < 4.78 is 38.4. The molecule has 0 aliphatic heterocycles. The number of alkyl halides is 3. The summed E-state index contributed by atoms with van der Waals surface area (Å²) >= 11 is 3.19. The Hall–Kier alpha value is -1.49. The Morgan fingerprint density at radius 2 is 1.67 bits per heavy atom. The van der Waals surface area contributed by atoms with Crippen LogP contribution in [0.5, 0.6) is 5.75 Å². The summed E-state index contributed by atoms with van der Waals surface area (Å²) in [5, 5.41) is 9.43. The van der Waals surface area contributed by atoms with Crippen LogP contribution in [-0.4, -0.2) is 5.11 Å². The van der Waals surface area contributed by atoms with Crippen molar-refractivity contribution in [2.45, 2.75) is 6.18 Å². The van der Waals surface area contributed by atoms with Crippen LogP contribution < -0.4 is 0 Å². The topological polar surface area (TPSA) is 20.2 Å². The van der Waals surface area contributed by atoms with Crippen molar-refractivity contribution in [2.75, 3.05) is 0 Å². The summed E-state index contributed by atoms with van der Waals surface area (Å²) in [6.07, 6.45) is -4.37. The number of hydrogen-bond acceptors (Lipinski definition) is 1. The first kappa shape index (κ1) is 13.0. The first-order valence-corrected chi connectivity index (χ1v) is 5.83. The fraction of sp³-hybridized carbons (Fsp3) is 0.0769. The van der Waals surface area contributed by atoms with E-state index in [9.17, 15) is 18.3 Å². The molecule has 0 amide bonds. The first-order valence-electron chi connectivity index (χ1n) is 5.03. The van der Waals surface area contributed by atoms with Crippen LogP contribution in [0, 0.1) is 0 Å². The minimum atomic E-state index is -4.37. The zero-order valence-corrected chi connectivity index (χ0v) is 10.6. The van der Waals surface area contributed by atoms with Gasteiger partial charge in [-0.25, -0.2) is 0 Å². The highest BCUT2D eigenvalue weighted by Gasteiger charge is 2.30. The third-order valence-corrected chi connectivity index (χ3v) is 2.86. The predicted molar refractivity (Wildman–Crippen MR) is 66.2 cm³/mol. The summed E-state index contributed by atoms with van der Waals surface area (Å²) in [7, 11) is 0. The van der Waals surface area contributed by atoms with Gasteiger partial charge in [0.15, 0.2) is 0 Å². The molecule has 2 aromatic carbocycles. The number of rotatable bonds is 1. The number of benzene rings is 2. The maximum atomic E-state index is 12.6. The van der Waals surface area contributed by atoms with E-state index in [2.05, 4.69) is 15.9 Å². The SMILES string of the molecule is Oc1cc(Br)cc(-c2cccc(C(F)(F)F)c2)c1. The smallest absolute Gasteiger partial charge is 0.416 e. The first-order chi connectivity index (χ1) is 8.36. The number of aromatic hydroxyl groups is 1. The molecule has 0 saturated heterocycles. The maximum Gasteiger partial charge on any atom is 0.416 e. The summed E-state index contributed by atoms with van der Waals surface area (Å²) in [5.74, 6) is -0.00298. The highest BCUT2D eigenvalue weighted by molar-refractivity contribution is 9.10. The van der Waals surface area contributed by atoms with Crippen molar-refractivity contribution in [1.29, 1.82) is 0 Å². The van der Waals surface area contributed by atoms with Gasteiger partial charge in [-0.1, -0.05) is 28.1 Å².